The minimum absolute atomic E-state index is 0.0956. The molecule has 0 spiro atoms. The zero-order valence-electron chi connectivity index (χ0n) is 16.4. The number of benzene rings is 1. The Morgan fingerprint density at radius 1 is 1.29 bits per heavy atom. The van der Waals surface area contributed by atoms with Crippen LogP contribution in [0.25, 0.3) is 6.08 Å². The number of carbonyl (C=O) groups is 2. The summed E-state index contributed by atoms with van der Waals surface area (Å²) in [6.45, 7) is 7.12. The van der Waals surface area contributed by atoms with Gasteiger partial charge in [-0.25, -0.2) is 5.48 Å². The summed E-state index contributed by atoms with van der Waals surface area (Å²) in [5, 5.41) is 11.7. The maximum absolute atomic E-state index is 12.5. The van der Waals surface area contributed by atoms with Gasteiger partial charge < -0.3 is 15.1 Å². The Morgan fingerprint density at radius 2 is 1.96 bits per heavy atom. The lowest BCUT2D eigenvalue weighted by molar-refractivity contribution is -0.124. The van der Waals surface area contributed by atoms with Gasteiger partial charge in [0.2, 0.25) is 0 Å². The molecular weight excluding hydrogens is 356 g/mol. The molecule has 7 nitrogen and oxygen atoms in total. The third-order valence-corrected chi connectivity index (χ3v) is 4.79. The molecule has 0 bridgehead atoms. The predicted octanol–water partition coefficient (Wildman–Crippen LogP) is 2.27. The van der Waals surface area contributed by atoms with Crippen molar-refractivity contribution in [2.75, 3.05) is 25.0 Å². The molecule has 1 saturated heterocycles. The molecule has 0 unspecified atom stereocenters. The second-order valence-electron chi connectivity index (χ2n) is 6.57. The van der Waals surface area contributed by atoms with Crippen molar-refractivity contribution < 1.29 is 14.8 Å². The summed E-state index contributed by atoms with van der Waals surface area (Å²) in [5.41, 5.74) is 4.09. The van der Waals surface area contributed by atoms with Crippen LogP contribution in [-0.2, 0) is 9.59 Å². The number of piperidine rings is 1. The average Bonchev–Trinajstić information content (AvgIpc) is 2.73. The van der Waals surface area contributed by atoms with E-state index in [1.54, 1.807) is 35.8 Å². The van der Waals surface area contributed by atoms with Crippen LogP contribution in [0.5, 0.6) is 0 Å². The monoisotopic (exact) mass is 384 g/mol. The van der Waals surface area contributed by atoms with Gasteiger partial charge in [-0.1, -0.05) is 30.9 Å². The number of allylic oxidation sites excluding steroid dienone is 1. The van der Waals surface area contributed by atoms with E-state index in [4.69, 9.17) is 5.21 Å². The molecular formula is C21H28N4O3. The van der Waals surface area contributed by atoms with Crippen molar-refractivity contribution >= 4 is 23.6 Å². The summed E-state index contributed by atoms with van der Waals surface area (Å²) in [6, 6.07) is 7.90. The zero-order valence-corrected chi connectivity index (χ0v) is 16.4. The summed E-state index contributed by atoms with van der Waals surface area (Å²) in [7, 11) is 1.80. The van der Waals surface area contributed by atoms with E-state index in [-0.39, 0.29) is 11.9 Å². The van der Waals surface area contributed by atoms with Gasteiger partial charge in [0.25, 0.3) is 11.8 Å². The molecule has 2 rings (SSSR count). The quantitative estimate of drug-likeness (QED) is 0.382. The van der Waals surface area contributed by atoms with Crippen molar-refractivity contribution in [2.24, 2.45) is 0 Å². The molecule has 28 heavy (non-hydrogen) atoms. The van der Waals surface area contributed by atoms with Crippen LogP contribution in [0.1, 0.15) is 25.3 Å². The molecule has 0 saturated carbocycles. The first-order valence-electron chi connectivity index (χ1n) is 9.28. The third-order valence-electron chi connectivity index (χ3n) is 4.79. The molecule has 2 amide bonds. The fourth-order valence-corrected chi connectivity index (χ4v) is 3.24. The van der Waals surface area contributed by atoms with Gasteiger partial charge in [0.05, 0.1) is 0 Å². The molecule has 0 atom stereocenters. The minimum Gasteiger partial charge on any atom is -0.371 e. The van der Waals surface area contributed by atoms with Crippen LogP contribution in [0.15, 0.2) is 54.9 Å². The Hall–Kier alpha value is -3.06. The number of hydroxylamine groups is 1. The van der Waals surface area contributed by atoms with E-state index in [1.165, 1.54) is 6.08 Å². The number of nitrogens with zero attached hydrogens (tertiary/aromatic N) is 2. The Labute approximate surface area is 166 Å². The highest BCUT2D eigenvalue weighted by Gasteiger charge is 2.23. The van der Waals surface area contributed by atoms with Crippen molar-refractivity contribution in [2.45, 2.75) is 25.8 Å². The molecule has 1 aliphatic rings. The molecule has 0 aliphatic carbocycles. The number of amides is 2. The summed E-state index contributed by atoms with van der Waals surface area (Å²) >= 11 is 0. The number of rotatable bonds is 7. The van der Waals surface area contributed by atoms with Crippen molar-refractivity contribution in [3.63, 3.8) is 0 Å². The molecule has 1 fully saturated rings. The van der Waals surface area contributed by atoms with E-state index in [0.29, 0.717) is 5.70 Å². The highest BCUT2D eigenvalue weighted by Crippen LogP contribution is 2.25. The summed E-state index contributed by atoms with van der Waals surface area (Å²) in [4.78, 5) is 27.7. The van der Waals surface area contributed by atoms with Crippen molar-refractivity contribution in [3.8, 4) is 0 Å². The van der Waals surface area contributed by atoms with Crippen molar-refractivity contribution in [1.29, 1.82) is 0 Å². The van der Waals surface area contributed by atoms with Gasteiger partial charge in [-0.3, -0.25) is 14.8 Å². The first kappa shape index (κ1) is 21.2. The second kappa shape index (κ2) is 10.3. The zero-order chi connectivity index (χ0) is 20.5. The minimum atomic E-state index is -0.569. The number of nitrogens with one attached hydrogen (secondary N) is 2. The summed E-state index contributed by atoms with van der Waals surface area (Å²) in [5.74, 6) is -0.665. The van der Waals surface area contributed by atoms with E-state index in [2.05, 4.69) is 16.8 Å². The summed E-state index contributed by atoms with van der Waals surface area (Å²) in [6.07, 6.45) is 8.01. The van der Waals surface area contributed by atoms with E-state index < -0.39 is 5.91 Å². The molecule has 0 aromatic heterocycles. The van der Waals surface area contributed by atoms with Gasteiger partial charge in [0.1, 0.15) is 5.70 Å². The van der Waals surface area contributed by atoms with Gasteiger partial charge in [-0.15, -0.1) is 0 Å². The molecule has 1 aromatic carbocycles. The number of hydrogen-bond acceptors (Lipinski definition) is 5. The van der Waals surface area contributed by atoms with Gasteiger partial charge in [-0.05, 0) is 43.7 Å². The fraction of sp³-hybridized carbons (Fsp3) is 0.333. The fourth-order valence-electron chi connectivity index (χ4n) is 3.24. The molecule has 0 radical (unpaired) electrons. The van der Waals surface area contributed by atoms with Crippen LogP contribution in [0.2, 0.25) is 0 Å². The largest absolute Gasteiger partial charge is 0.371 e. The SMILES string of the molecule is C=CN(C)/C(=C\C)C(=O)NC1CCN(c2ccccc2/C=C/C(=O)NO)CC1. The van der Waals surface area contributed by atoms with Gasteiger partial charge >= 0.3 is 0 Å². The molecule has 150 valence electrons. The number of hydrogen-bond donors (Lipinski definition) is 3. The molecule has 3 N–H and O–H groups in total. The Balaban J connectivity index is 1.99. The van der Waals surface area contributed by atoms with Crippen LogP contribution < -0.4 is 15.7 Å². The lowest BCUT2D eigenvalue weighted by Gasteiger charge is -2.35. The number of anilines is 1. The molecule has 1 heterocycles. The van der Waals surface area contributed by atoms with E-state index in [0.717, 1.165) is 37.2 Å². The smallest absolute Gasteiger partial charge is 0.267 e. The average molecular weight is 384 g/mol. The van der Waals surface area contributed by atoms with Crippen LogP contribution in [0, 0.1) is 0 Å². The molecule has 7 heteroatoms. The number of likely N-dealkylation sites (N-methyl/N-ethyl adjacent to an activating group) is 1. The Kier molecular flexibility index (Phi) is 7.83. The van der Waals surface area contributed by atoms with Gasteiger partial charge in [0.15, 0.2) is 0 Å². The van der Waals surface area contributed by atoms with Crippen LogP contribution in [-0.4, -0.2) is 48.1 Å². The van der Waals surface area contributed by atoms with Crippen molar-refractivity contribution in [3.05, 3.63) is 60.5 Å². The van der Waals surface area contributed by atoms with Gasteiger partial charge in [-0.2, -0.15) is 0 Å². The van der Waals surface area contributed by atoms with Crippen LogP contribution in [0.4, 0.5) is 5.69 Å². The predicted molar refractivity (Wildman–Crippen MR) is 110 cm³/mol. The lowest BCUT2D eigenvalue weighted by atomic mass is 10.0. The molecule has 1 aliphatic heterocycles. The van der Waals surface area contributed by atoms with E-state index >= 15 is 0 Å². The second-order valence-corrected chi connectivity index (χ2v) is 6.57. The topological polar surface area (TPSA) is 84.9 Å². The molecule has 1 aromatic rings. The standard InChI is InChI=1S/C21H28N4O3/c1-4-18(24(3)5-2)21(27)22-17-12-14-25(15-13-17)19-9-7-6-8-16(19)10-11-20(26)23-28/h4-11,17,28H,2,12-15H2,1,3H3,(H,22,27)(H,23,26)/b11-10+,18-4-. The van der Waals surface area contributed by atoms with E-state index in [9.17, 15) is 9.59 Å². The van der Waals surface area contributed by atoms with Crippen LogP contribution in [0.3, 0.4) is 0 Å². The van der Waals surface area contributed by atoms with E-state index in [1.807, 2.05) is 31.2 Å². The third kappa shape index (κ3) is 5.47. The van der Waals surface area contributed by atoms with Crippen molar-refractivity contribution in [1.82, 2.24) is 15.7 Å². The lowest BCUT2D eigenvalue weighted by Crippen LogP contribution is -2.46. The summed E-state index contributed by atoms with van der Waals surface area (Å²) < 4.78 is 0. The Bertz CT molecular complexity index is 765. The normalized spacial score (nSPS) is 15.4. The first-order chi connectivity index (χ1) is 13.5. The first-order valence-corrected chi connectivity index (χ1v) is 9.28. The highest BCUT2D eigenvalue weighted by molar-refractivity contribution is 5.93. The number of para-hydroxylation sites is 1. The maximum Gasteiger partial charge on any atom is 0.267 e. The van der Waals surface area contributed by atoms with Crippen LogP contribution >= 0.6 is 0 Å². The van der Waals surface area contributed by atoms with Gasteiger partial charge in [0, 0.05) is 37.9 Å². The maximum atomic E-state index is 12.5. The number of carbonyl (C=O) groups excluding carboxylic acids is 2. The highest BCUT2D eigenvalue weighted by atomic mass is 16.5. The Morgan fingerprint density at radius 3 is 2.57 bits per heavy atom.